The van der Waals surface area contributed by atoms with Crippen LogP contribution >= 0.6 is 0 Å². The summed E-state index contributed by atoms with van der Waals surface area (Å²) in [4.78, 5) is 13.2. The van der Waals surface area contributed by atoms with E-state index in [1.54, 1.807) is 7.11 Å². The van der Waals surface area contributed by atoms with Crippen LogP contribution in [0.1, 0.15) is 6.42 Å². The summed E-state index contributed by atoms with van der Waals surface area (Å²) in [7, 11) is 1.60. The fourth-order valence-corrected chi connectivity index (χ4v) is 1.51. The van der Waals surface area contributed by atoms with Crippen LogP contribution < -0.4 is 5.32 Å². The van der Waals surface area contributed by atoms with Gasteiger partial charge in [0.2, 0.25) is 5.91 Å². The van der Waals surface area contributed by atoms with Crippen molar-refractivity contribution < 1.29 is 14.6 Å². The summed E-state index contributed by atoms with van der Waals surface area (Å²) in [5.41, 5.74) is 0. The van der Waals surface area contributed by atoms with Gasteiger partial charge < -0.3 is 15.2 Å². The minimum atomic E-state index is -0.262. The van der Waals surface area contributed by atoms with Gasteiger partial charge in [-0.05, 0) is 6.42 Å². The van der Waals surface area contributed by atoms with E-state index in [2.05, 4.69) is 5.32 Å². The third-order valence-corrected chi connectivity index (χ3v) is 2.24. The maximum absolute atomic E-state index is 11.3. The molecule has 0 aromatic rings. The lowest BCUT2D eigenvalue weighted by molar-refractivity contribution is -0.122. The van der Waals surface area contributed by atoms with Crippen molar-refractivity contribution in [3.8, 4) is 0 Å². The molecular formula is C9H18N2O3. The van der Waals surface area contributed by atoms with Crippen molar-refractivity contribution in [3.05, 3.63) is 0 Å². The summed E-state index contributed by atoms with van der Waals surface area (Å²) in [5.74, 6) is -0.00356. The van der Waals surface area contributed by atoms with Crippen molar-refractivity contribution in [2.75, 3.05) is 39.9 Å². The SMILES string of the molecule is COCCNC(=O)CN1CCC(O)C1. The van der Waals surface area contributed by atoms with Crippen molar-refractivity contribution >= 4 is 5.91 Å². The molecule has 5 heteroatoms. The summed E-state index contributed by atoms with van der Waals surface area (Å²) < 4.78 is 4.81. The van der Waals surface area contributed by atoms with E-state index in [9.17, 15) is 9.90 Å². The lowest BCUT2D eigenvalue weighted by Crippen LogP contribution is -2.37. The Labute approximate surface area is 84.0 Å². The van der Waals surface area contributed by atoms with Gasteiger partial charge in [-0.2, -0.15) is 0 Å². The fourth-order valence-electron chi connectivity index (χ4n) is 1.51. The van der Waals surface area contributed by atoms with E-state index in [4.69, 9.17) is 4.74 Å². The summed E-state index contributed by atoms with van der Waals surface area (Å²) >= 11 is 0. The maximum atomic E-state index is 11.3. The Hall–Kier alpha value is -0.650. The van der Waals surface area contributed by atoms with Gasteiger partial charge in [0, 0.05) is 26.7 Å². The number of ether oxygens (including phenoxy) is 1. The number of carbonyl (C=O) groups is 1. The predicted octanol–water partition coefficient (Wildman–Crippen LogP) is -1.18. The van der Waals surface area contributed by atoms with E-state index >= 15 is 0 Å². The second-order valence-corrected chi connectivity index (χ2v) is 3.52. The molecule has 0 bridgehead atoms. The molecule has 14 heavy (non-hydrogen) atoms. The molecule has 0 saturated carbocycles. The van der Waals surface area contributed by atoms with E-state index in [1.807, 2.05) is 4.90 Å². The first-order valence-electron chi connectivity index (χ1n) is 4.88. The van der Waals surface area contributed by atoms with Gasteiger partial charge in [-0.1, -0.05) is 0 Å². The monoisotopic (exact) mass is 202 g/mol. The molecule has 2 N–H and O–H groups in total. The Kier molecular flexibility index (Phi) is 4.86. The van der Waals surface area contributed by atoms with Crippen LogP contribution in [0.2, 0.25) is 0 Å². The quantitative estimate of drug-likeness (QED) is 0.551. The van der Waals surface area contributed by atoms with Gasteiger partial charge in [0.15, 0.2) is 0 Å². The molecule has 0 aromatic heterocycles. The standard InChI is InChI=1S/C9H18N2O3/c1-14-5-3-10-9(13)7-11-4-2-8(12)6-11/h8,12H,2-7H2,1H3,(H,10,13). The molecule has 1 fully saturated rings. The highest BCUT2D eigenvalue weighted by Gasteiger charge is 2.21. The molecule has 1 amide bonds. The number of hydrogen-bond acceptors (Lipinski definition) is 4. The summed E-state index contributed by atoms with van der Waals surface area (Å²) in [6, 6.07) is 0. The lowest BCUT2D eigenvalue weighted by Gasteiger charge is -2.14. The number of amides is 1. The van der Waals surface area contributed by atoms with Crippen LogP contribution in [0.15, 0.2) is 0 Å². The molecular weight excluding hydrogens is 184 g/mol. The highest BCUT2D eigenvalue weighted by Crippen LogP contribution is 2.07. The minimum Gasteiger partial charge on any atom is -0.392 e. The Bertz CT molecular complexity index is 187. The smallest absolute Gasteiger partial charge is 0.234 e. The zero-order valence-electron chi connectivity index (χ0n) is 8.53. The molecule has 0 aromatic carbocycles. The normalized spacial score (nSPS) is 22.6. The van der Waals surface area contributed by atoms with Crippen molar-refractivity contribution in [2.45, 2.75) is 12.5 Å². The summed E-state index contributed by atoms with van der Waals surface area (Å²) in [6.45, 7) is 2.87. The first-order valence-corrected chi connectivity index (χ1v) is 4.88. The van der Waals surface area contributed by atoms with Crippen LogP contribution in [0.5, 0.6) is 0 Å². The number of nitrogens with zero attached hydrogens (tertiary/aromatic N) is 1. The average Bonchev–Trinajstić information content (AvgIpc) is 2.52. The molecule has 1 saturated heterocycles. The number of methoxy groups -OCH3 is 1. The minimum absolute atomic E-state index is 0.00356. The highest BCUT2D eigenvalue weighted by molar-refractivity contribution is 5.78. The molecule has 1 unspecified atom stereocenters. The Morgan fingerprint density at radius 1 is 1.71 bits per heavy atom. The lowest BCUT2D eigenvalue weighted by atomic mass is 10.3. The second kappa shape index (κ2) is 5.95. The van der Waals surface area contributed by atoms with Gasteiger partial charge in [0.1, 0.15) is 0 Å². The molecule has 1 aliphatic heterocycles. The van der Waals surface area contributed by atoms with Crippen LogP contribution in [0.25, 0.3) is 0 Å². The van der Waals surface area contributed by atoms with Gasteiger partial charge in [-0.3, -0.25) is 9.69 Å². The van der Waals surface area contributed by atoms with Gasteiger partial charge in [-0.15, -0.1) is 0 Å². The van der Waals surface area contributed by atoms with Crippen molar-refractivity contribution in [1.82, 2.24) is 10.2 Å². The Morgan fingerprint density at radius 2 is 2.50 bits per heavy atom. The van der Waals surface area contributed by atoms with Gasteiger partial charge in [0.25, 0.3) is 0 Å². The molecule has 0 radical (unpaired) electrons. The predicted molar refractivity (Wildman–Crippen MR) is 51.9 cm³/mol. The van der Waals surface area contributed by atoms with Crippen LogP contribution in [0, 0.1) is 0 Å². The third kappa shape index (κ3) is 4.04. The zero-order valence-corrected chi connectivity index (χ0v) is 8.53. The van der Waals surface area contributed by atoms with E-state index in [0.29, 0.717) is 26.2 Å². The third-order valence-electron chi connectivity index (χ3n) is 2.24. The first kappa shape index (κ1) is 11.4. The molecule has 82 valence electrons. The van der Waals surface area contributed by atoms with E-state index in [-0.39, 0.29) is 12.0 Å². The summed E-state index contributed by atoms with van der Waals surface area (Å²) in [5, 5.41) is 12.0. The number of aliphatic hydroxyl groups is 1. The summed E-state index contributed by atoms with van der Waals surface area (Å²) in [6.07, 6.45) is 0.507. The van der Waals surface area contributed by atoms with Gasteiger partial charge >= 0.3 is 0 Å². The first-order chi connectivity index (χ1) is 6.72. The van der Waals surface area contributed by atoms with Crippen molar-refractivity contribution in [2.24, 2.45) is 0 Å². The molecule has 1 atom stereocenters. The van der Waals surface area contributed by atoms with Crippen LogP contribution in [0.4, 0.5) is 0 Å². The zero-order chi connectivity index (χ0) is 10.4. The van der Waals surface area contributed by atoms with Crippen LogP contribution in [-0.2, 0) is 9.53 Å². The van der Waals surface area contributed by atoms with Crippen molar-refractivity contribution in [3.63, 3.8) is 0 Å². The maximum Gasteiger partial charge on any atom is 0.234 e. The molecule has 1 rings (SSSR count). The number of likely N-dealkylation sites (tertiary alicyclic amines) is 1. The van der Waals surface area contributed by atoms with E-state index in [0.717, 1.165) is 13.0 Å². The number of β-amino-alcohol motifs (C(OH)–C–C–N with tert-alkyl or cyclic N) is 1. The number of rotatable bonds is 5. The molecule has 0 spiro atoms. The van der Waals surface area contributed by atoms with E-state index in [1.165, 1.54) is 0 Å². The number of hydrogen-bond donors (Lipinski definition) is 2. The number of nitrogens with one attached hydrogen (secondary N) is 1. The number of carbonyl (C=O) groups excluding carboxylic acids is 1. The fraction of sp³-hybridized carbons (Fsp3) is 0.889. The second-order valence-electron chi connectivity index (χ2n) is 3.52. The molecule has 1 aliphatic rings. The number of aliphatic hydroxyl groups excluding tert-OH is 1. The van der Waals surface area contributed by atoms with E-state index < -0.39 is 0 Å². The Balaban J connectivity index is 2.08. The molecule has 5 nitrogen and oxygen atoms in total. The van der Waals surface area contributed by atoms with Crippen molar-refractivity contribution in [1.29, 1.82) is 0 Å². The van der Waals surface area contributed by atoms with Crippen LogP contribution in [0.3, 0.4) is 0 Å². The largest absolute Gasteiger partial charge is 0.392 e. The molecule has 0 aliphatic carbocycles. The Morgan fingerprint density at radius 3 is 3.07 bits per heavy atom. The topological polar surface area (TPSA) is 61.8 Å². The average molecular weight is 202 g/mol. The van der Waals surface area contributed by atoms with Gasteiger partial charge in [-0.25, -0.2) is 0 Å². The molecule has 1 heterocycles. The van der Waals surface area contributed by atoms with Gasteiger partial charge in [0.05, 0.1) is 19.3 Å². The highest BCUT2D eigenvalue weighted by atomic mass is 16.5. The van der Waals surface area contributed by atoms with Crippen LogP contribution in [-0.4, -0.2) is 61.9 Å².